The van der Waals surface area contributed by atoms with Crippen LogP contribution in [0.25, 0.3) is 0 Å². The predicted octanol–water partition coefficient (Wildman–Crippen LogP) is 1.10. The summed E-state index contributed by atoms with van der Waals surface area (Å²) in [5.74, 6) is -0.184. The molecule has 1 aromatic heterocycles. The highest BCUT2D eigenvalue weighted by Gasteiger charge is 2.59. The van der Waals surface area contributed by atoms with Crippen molar-refractivity contribution < 1.29 is 9.53 Å². The van der Waals surface area contributed by atoms with Gasteiger partial charge in [-0.1, -0.05) is 30.3 Å². The molecule has 2 unspecified atom stereocenters. The van der Waals surface area contributed by atoms with Crippen molar-refractivity contribution in [3.63, 3.8) is 0 Å². The molecule has 0 spiro atoms. The molecule has 1 aliphatic heterocycles. The van der Waals surface area contributed by atoms with Gasteiger partial charge < -0.3 is 4.74 Å². The average molecular weight is 286 g/mol. The first kappa shape index (κ1) is 13.8. The van der Waals surface area contributed by atoms with Crippen molar-refractivity contribution >= 4 is 5.97 Å². The maximum atomic E-state index is 12.3. The normalized spacial score (nSPS) is 23.8. The zero-order valence-electron chi connectivity index (χ0n) is 12.0. The summed E-state index contributed by atoms with van der Waals surface area (Å²) >= 11 is 0. The van der Waals surface area contributed by atoms with E-state index >= 15 is 0 Å². The number of hydrogen-bond acceptors (Lipinski definition) is 5. The number of esters is 1. The Kier molecular flexibility index (Phi) is 3.70. The van der Waals surface area contributed by atoms with Crippen molar-refractivity contribution in [3.8, 4) is 0 Å². The minimum atomic E-state index is -0.612. The van der Waals surface area contributed by atoms with Crippen LogP contribution in [0.3, 0.4) is 0 Å². The first-order valence-electron chi connectivity index (χ1n) is 7.03. The van der Waals surface area contributed by atoms with Crippen molar-refractivity contribution in [2.45, 2.75) is 25.6 Å². The summed E-state index contributed by atoms with van der Waals surface area (Å²) in [4.78, 5) is 18.4. The fourth-order valence-corrected chi connectivity index (χ4v) is 2.55. The van der Waals surface area contributed by atoms with E-state index in [1.165, 1.54) is 11.9 Å². The van der Waals surface area contributed by atoms with E-state index in [4.69, 9.17) is 4.74 Å². The fourth-order valence-electron chi connectivity index (χ4n) is 2.55. The van der Waals surface area contributed by atoms with Gasteiger partial charge >= 0.3 is 5.97 Å². The van der Waals surface area contributed by atoms with E-state index in [1.54, 1.807) is 11.0 Å². The van der Waals surface area contributed by atoms with E-state index in [1.807, 2.05) is 25.1 Å². The Bertz CT molecular complexity index is 599. The third kappa shape index (κ3) is 2.80. The van der Waals surface area contributed by atoms with Gasteiger partial charge in [0.2, 0.25) is 0 Å². The maximum absolute atomic E-state index is 12.3. The molecule has 0 saturated carbocycles. The minimum absolute atomic E-state index is 0.184. The Hall–Kier alpha value is -2.21. The molecule has 0 N–H and O–H groups in total. The first-order valence-corrected chi connectivity index (χ1v) is 7.03. The number of nitrogens with zero attached hydrogens (tertiary/aromatic N) is 4. The van der Waals surface area contributed by atoms with Gasteiger partial charge in [-0.15, -0.1) is 0 Å². The molecule has 2 atom stereocenters. The summed E-state index contributed by atoms with van der Waals surface area (Å²) in [5.41, 5.74) is 0.571. The summed E-state index contributed by atoms with van der Waals surface area (Å²) in [6.45, 7) is 4.09. The van der Waals surface area contributed by atoms with Crippen molar-refractivity contribution in [1.29, 1.82) is 0 Å². The van der Waals surface area contributed by atoms with E-state index in [-0.39, 0.29) is 5.97 Å². The molecule has 110 valence electrons. The van der Waals surface area contributed by atoms with Gasteiger partial charge in [0, 0.05) is 13.1 Å². The van der Waals surface area contributed by atoms with E-state index in [9.17, 15) is 4.79 Å². The Labute approximate surface area is 123 Å². The van der Waals surface area contributed by atoms with Crippen molar-refractivity contribution in [2.75, 3.05) is 13.2 Å². The Morgan fingerprint density at radius 3 is 2.86 bits per heavy atom. The number of ether oxygens (including phenoxy) is 1. The van der Waals surface area contributed by atoms with Crippen LogP contribution in [0.1, 0.15) is 12.5 Å². The van der Waals surface area contributed by atoms with Gasteiger partial charge in [0.15, 0.2) is 5.54 Å². The molecule has 0 bridgehead atoms. The molecular weight excluding hydrogens is 268 g/mol. The Balaban J connectivity index is 1.74. The lowest BCUT2D eigenvalue weighted by Crippen LogP contribution is -2.36. The van der Waals surface area contributed by atoms with Gasteiger partial charge in [-0.3, -0.25) is 9.58 Å². The van der Waals surface area contributed by atoms with Crippen molar-refractivity contribution in [2.24, 2.45) is 0 Å². The molecule has 1 aromatic carbocycles. The monoisotopic (exact) mass is 286 g/mol. The number of carbonyl (C=O) groups excluding carboxylic acids is 1. The molecule has 6 nitrogen and oxygen atoms in total. The van der Waals surface area contributed by atoms with E-state index in [0.29, 0.717) is 19.7 Å². The molecule has 0 aliphatic carbocycles. The quantitative estimate of drug-likeness (QED) is 0.588. The lowest BCUT2D eigenvalue weighted by atomic mass is 10.1. The maximum Gasteiger partial charge on any atom is 0.329 e. The highest BCUT2D eigenvalue weighted by Crippen LogP contribution is 2.37. The summed E-state index contributed by atoms with van der Waals surface area (Å²) in [5, 5.41) is 4.10. The van der Waals surface area contributed by atoms with E-state index in [0.717, 1.165) is 6.54 Å². The molecule has 0 amide bonds. The summed E-state index contributed by atoms with van der Waals surface area (Å²) in [7, 11) is 0. The van der Waals surface area contributed by atoms with E-state index < -0.39 is 5.54 Å². The zero-order chi connectivity index (χ0) is 14.7. The SMILES string of the molecule is CCOC(=O)C1(Cn2cncn2)CN1Cc1ccccc1. The molecule has 2 aromatic rings. The standard InChI is InChI=1S/C15H18N4O2/c1-2-21-14(20)15(10-19-12-16-11-17-19)9-18(15)8-13-6-4-3-5-7-13/h3-7,11-12H,2,8-10H2,1H3. The molecule has 1 fully saturated rings. The van der Waals surface area contributed by atoms with Gasteiger partial charge in [-0.05, 0) is 12.5 Å². The first-order chi connectivity index (χ1) is 10.2. The molecule has 0 radical (unpaired) electrons. The number of benzene rings is 1. The predicted molar refractivity (Wildman–Crippen MR) is 76.2 cm³/mol. The highest BCUT2D eigenvalue weighted by molar-refractivity contribution is 5.84. The third-order valence-electron chi connectivity index (χ3n) is 3.72. The topological polar surface area (TPSA) is 60.0 Å². The average Bonchev–Trinajstić information content (AvgIpc) is 2.94. The highest BCUT2D eigenvalue weighted by atomic mass is 16.5. The van der Waals surface area contributed by atoms with Gasteiger partial charge in [-0.25, -0.2) is 9.78 Å². The molecule has 1 saturated heterocycles. The molecule has 1 aliphatic rings. The van der Waals surface area contributed by atoms with Crippen molar-refractivity contribution in [3.05, 3.63) is 48.5 Å². The second kappa shape index (κ2) is 5.65. The molecule has 2 heterocycles. The van der Waals surface area contributed by atoms with Gasteiger partial charge in [0.1, 0.15) is 12.7 Å². The number of hydrogen-bond donors (Lipinski definition) is 0. The van der Waals surface area contributed by atoms with Crippen molar-refractivity contribution in [1.82, 2.24) is 19.7 Å². The second-order valence-corrected chi connectivity index (χ2v) is 5.19. The molecule has 6 heteroatoms. The Morgan fingerprint density at radius 1 is 1.38 bits per heavy atom. The van der Waals surface area contributed by atoms with Crippen LogP contribution in [-0.4, -0.2) is 44.3 Å². The van der Waals surface area contributed by atoms with Crippen LogP contribution in [0.5, 0.6) is 0 Å². The van der Waals surface area contributed by atoms with E-state index in [2.05, 4.69) is 27.1 Å². The molecule has 3 rings (SSSR count). The van der Waals surface area contributed by atoms with Crippen LogP contribution in [0, 0.1) is 0 Å². The van der Waals surface area contributed by atoms with Crippen LogP contribution in [0.4, 0.5) is 0 Å². The van der Waals surface area contributed by atoms with Crippen LogP contribution in [-0.2, 0) is 22.6 Å². The third-order valence-corrected chi connectivity index (χ3v) is 3.72. The Morgan fingerprint density at radius 2 is 2.19 bits per heavy atom. The largest absolute Gasteiger partial charge is 0.465 e. The zero-order valence-corrected chi connectivity index (χ0v) is 12.0. The van der Waals surface area contributed by atoms with Gasteiger partial charge in [0.05, 0.1) is 13.2 Å². The summed E-state index contributed by atoms with van der Waals surface area (Å²) < 4.78 is 6.93. The number of rotatable bonds is 6. The van der Waals surface area contributed by atoms with Crippen LogP contribution < -0.4 is 0 Å². The number of aromatic nitrogens is 3. The van der Waals surface area contributed by atoms with Gasteiger partial charge in [0.25, 0.3) is 0 Å². The number of carbonyl (C=O) groups is 1. The van der Waals surface area contributed by atoms with Crippen LogP contribution >= 0.6 is 0 Å². The molecular formula is C15H18N4O2. The lowest BCUT2D eigenvalue weighted by molar-refractivity contribution is -0.148. The summed E-state index contributed by atoms with van der Waals surface area (Å²) in [6, 6.07) is 10.1. The lowest BCUT2D eigenvalue weighted by Gasteiger charge is -2.16. The second-order valence-electron chi connectivity index (χ2n) is 5.19. The minimum Gasteiger partial charge on any atom is -0.465 e. The summed E-state index contributed by atoms with van der Waals surface area (Å²) in [6.07, 6.45) is 3.10. The van der Waals surface area contributed by atoms with Gasteiger partial charge in [-0.2, -0.15) is 5.10 Å². The van der Waals surface area contributed by atoms with Crippen LogP contribution in [0.2, 0.25) is 0 Å². The molecule has 21 heavy (non-hydrogen) atoms. The fraction of sp³-hybridized carbons (Fsp3) is 0.400. The van der Waals surface area contributed by atoms with Crippen LogP contribution in [0.15, 0.2) is 43.0 Å². The smallest absolute Gasteiger partial charge is 0.329 e.